The van der Waals surface area contributed by atoms with Gasteiger partial charge in [0.15, 0.2) is 0 Å². The molecule has 1 aliphatic rings. The van der Waals surface area contributed by atoms with Gasteiger partial charge in [0, 0.05) is 13.1 Å². The number of benzene rings is 2. The summed E-state index contributed by atoms with van der Waals surface area (Å²) < 4.78 is 0. The number of hydrogen-bond donors (Lipinski definition) is 1. The molecule has 2 N–H and O–H groups in total. The molecule has 6 nitrogen and oxygen atoms in total. The number of carbonyl (C=O) groups excluding carboxylic acids is 3. The summed E-state index contributed by atoms with van der Waals surface area (Å²) >= 11 is 0. The molecule has 7 heteroatoms. The maximum Gasteiger partial charge on any atom is 0.262 e. The largest absolute Gasteiger partial charge is 0.337 e. The smallest absolute Gasteiger partial charge is 0.262 e. The van der Waals surface area contributed by atoms with Gasteiger partial charge in [-0.05, 0) is 30.7 Å². The summed E-state index contributed by atoms with van der Waals surface area (Å²) in [5.74, 6) is -1.10. The lowest BCUT2D eigenvalue weighted by molar-refractivity contribution is -0.132. The van der Waals surface area contributed by atoms with Crippen LogP contribution < -0.4 is 5.73 Å². The van der Waals surface area contributed by atoms with Crippen molar-refractivity contribution >= 4 is 30.1 Å². The fourth-order valence-electron chi connectivity index (χ4n) is 3.00. The first kappa shape index (κ1) is 20.6. The van der Waals surface area contributed by atoms with Crippen LogP contribution in [0.2, 0.25) is 0 Å². The lowest BCUT2D eigenvalue weighted by Crippen LogP contribution is -2.43. The Balaban J connectivity index is 0.00000261. The van der Waals surface area contributed by atoms with Crippen molar-refractivity contribution in [2.45, 2.75) is 13.0 Å². The van der Waals surface area contributed by atoms with E-state index in [1.165, 1.54) is 0 Å². The molecular weight excluding hydrogens is 366 g/mol. The minimum atomic E-state index is -0.419. The van der Waals surface area contributed by atoms with E-state index < -0.39 is 11.8 Å². The van der Waals surface area contributed by atoms with Crippen LogP contribution in [0.15, 0.2) is 54.6 Å². The van der Waals surface area contributed by atoms with Gasteiger partial charge in [-0.2, -0.15) is 0 Å². The topological polar surface area (TPSA) is 83.7 Å². The zero-order valence-electron chi connectivity index (χ0n) is 14.8. The third kappa shape index (κ3) is 4.53. The summed E-state index contributed by atoms with van der Waals surface area (Å²) in [7, 11) is 0. The quantitative estimate of drug-likeness (QED) is 0.737. The average Bonchev–Trinajstić information content (AvgIpc) is 2.91. The zero-order chi connectivity index (χ0) is 18.5. The van der Waals surface area contributed by atoms with Crippen molar-refractivity contribution in [3.63, 3.8) is 0 Å². The van der Waals surface area contributed by atoms with E-state index in [9.17, 15) is 14.4 Å². The number of nitrogens with zero attached hydrogens (tertiary/aromatic N) is 2. The first-order chi connectivity index (χ1) is 12.6. The molecule has 27 heavy (non-hydrogen) atoms. The number of halogens is 1. The van der Waals surface area contributed by atoms with Gasteiger partial charge in [0.05, 0.1) is 11.1 Å². The minimum absolute atomic E-state index is 0. The zero-order valence-corrected chi connectivity index (χ0v) is 15.7. The number of imide groups is 1. The van der Waals surface area contributed by atoms with E-state index in [-0.39, 0.29) is 24.9 Å². The second kappa shape index (κ2) is 9.30. The summed E-state index contributed by atoms with van der Waals surface area (Å²) in [5, 5.41) is 0. The molecule has 0 atom stereocenters. The van der Waals surface area contributed by atoms with Crippen LogP contribution in [0.3, 0.4) is 0 Å². The molecule has 1 heterocycles. The van der Waals surface area contributed by atoms with Crippen LogP contribution in [0.5, 0.6) is 0 Å². The van der Waals surface area contributed by atoms with Gasteiger partial charge in [0.1, 0.15) is 6.54 Å². The molecule has 0 radical (unpaired) electrons. The third-order valence-corrected chi connectivity index (χ3v) is 4.37. The fraction of sp³-hybridized carbons (Fsp3) is 0.250. The molecule has 0 saturated carbocycles. The molecule has 3 rings (SSSR count). The van der Waals surface area contributed by atoms with E-state index in [4.69, 9.17) is 5.73 Å². The van der Waals surface area contributed by atoms with Crippen LogP contribution in [-0.4, -0.2) is 47.2 Å². The van der Waals surface area contributed by atoms with Gasteiger partial charge in [-0.25, -0.2) is 0 Å². The van der Waals surface area contributed by atoms with Gasteiger partial charge in [0.2, 0.25) is 5.91 Å². The Morgan fingerprint density at radius 2 is 1.48 bits per heavy atom. The Kier molecular flexibility index (Phi) is 7.10. The van der Waals surface area contributed by atoms with Crippen molar-refractivity contribution in [2.75, 3.05) is 19.6 Å². The molecule has 0 saturated heterocycles. The van der Waals surface area contributed by atoms with Gasteiger partial charge in [-0.15, -0.1) is 12.4 Å². The summed E-state index contributed by atoms with van der Waals surface area (Å²) in [6, 6.07) is 16.2. The number of fused-ring (bicyclic) bond motifs is 1. The van der Waals surface area contributed by atoms with Crippen LogP contribution >= 0.6 is 12.4 Å². The molecule has 142 valence electrons. The van der Waals surface area contributed by atoms with Crippen molar-refractivity contribution in [1.29, 1.82) is 0 Å². The van der Waals surface area contributed by atoms with Crippen LogP contribution in [0.25, 0.3) is 0 Å². The maximum absolute atomic E-state index is 12.8. The molecule has 2 aromatic rings. The molecule has 0 spiro atoms. The summed E-state index contributed by atoms with van der Waals surface area (Å²) in [6.45, 7) is 1.10. The molecule has 0 unspecified atom stereocenters. The van der Waals surface area contributed by atoms with Crippen molar-refractivity contribution in [2.24, 2.45) is 5.73 Å². The van der Waals surface area contributed by atoms with Gasteiger partial charge in [-0.3, -0.25) is 19.3 Å². The molecule has 2 aromatic carbocycles. The van der Waals surface area contributed by atoms with Crippen LogP contribution in [0.1, 0.15) is 32.7 Å². The Morgan fingerprint density at radius 1 is 0.926 bits per heavy atom. The summed E-state index contributed by atoms with van der Waals surface area (Å²) in [4.78, 5) is 40.4. The highest BCUT2D eigenvalue weighted by Gasteiger charge is 2.36. The van der Waals surface area contributed by atoms with E-state index in [2.05, 4.69) is 0 Å². The lowest BCUT2D eigenvalue weighted by Gasteiger charge is -2.25. The molecule has 0 fully saturated rings. The van der Waals surface area contributed by atoms with Crippen molar-refractivity contribution in [3.8, 4) is 0 Å². The Hall–Kier alpha value is -2.70. The van der Waals surface area contributed by atoms with Gasteiger partial charge < -0.3 is 10.6 Å². The Labute approximate surface area is 164 Å². The molecule has 3 amide bonds. The highest BCUT2D eigenvalue weighted by Crippen LogP contribution is 2.22. The lowest BCUT2D eigenvalue weighted by atomic mass is 10.1. The van der Waals surface area contributed by atoms with Crippen LogP contribution in [0.4, 0.5) is 0 Å². The number of nitrogens with two attached hydrogens (primary N) is 1. The predicted molar refractivity (Wildman–Crippen MR) is 105 cm³/mol. The van der Waals surface area contributed by atoms with E-state index >= 15 is 0 Å². The standard InChI is InChI=1S/C20H21N3O3.ClH/c21-11-6-12-22(13-15-7-2-1-3-8-15)18(24)14-23-19(25)16-9-4-5-10-17(16)20(23)26;/h1-5,7-10H,6,11-14,21H2;1H. The molecule has 1 aliphatic heterocycles. The molecule has 0 bridgehead atoms. The van der Waals surface area contributed by atoms with Crippen molar-refractivity contribution in [3.05, 3.63) is 71.3 Å². The molecule has 0 aliphatic carbocycles. The predicted octanol–water partition coefficient (Wildman–Crippen LogP) is 2.08. The normalized spacial score (nSPS) is 12.6. The van der Waals surface area contributed by atoms with Crippen molar-refractivity contribution < 1.29 is 14.4 Å². The second-order valence-electron chi connectivity index (χ2n) is 6.19. The number of carbonyl (C=O) groups is 3. The molecule has 0 aromatic heterocycles. The fourth-order valence-corrected chi connectivity index (χ4v) is 3.00. The average molecular weight is 388 g/mol. The van der Waals surface area contributed by atoms with Crippen LogP contribution in [0, 0.1) is 0 Å². The van der Waals surface area contributed by atoms with E-state index in [1.54, 1.807) is 29.2 Å². The first-order valence-electron chi connectivity index (χ1n) is 8.59. The van der Waals surface area contributed by atoms with E-state index in [0.29, 0.717) is 37.2 Å². The summed E-state index contributed by atoms with van der Waals surface area (Å²) in [5.41, 5.74) is 7.26. The van der Waals surface area contributed by atoms with Crippen LogP contribution in [-0.2, 0) is 11.3 Å². The highest BCUT2D eigenvalue weighted by molar-refractivity contribution is 6.22. The second-order valence-corrected chi connectivity index (χ2v) is 6.19. The SMILES string of the molecule is Cl.NCCCN(Cc1ccccc1)C(=O)CN1C(=O)c2ccccc2C1=O. The van der Waals surface area contributed by atoms with Gasteiger partial charge in [-0.1, -0.05) is 42.5 Å². The van der Waals surface area contributed by atoms with Crippen molar-refractivity contribution in [1.82, 2.24) is 9.80 Å². The minimum Gasteiger partial charge on any atom is -0.337 e. The Morgan fingerprint density at radius 3 is 2.04 bits per heavy atom. The Bertz CT molecular complexity index is 791. The number of hydrogen-bond acceptors (Lipinski definition) is 4. The van der Waals surface area contributed by atoms with Gasteiger partial charge in [0.25, 0.3) is 11.8 Å². The van der Waals surface area contributed by atoms with E-state index in [1.807, 2.05) is 30.3 Å². The third-order valence-electron chi connectivity index (χ3n) is 4.37. The first-order valence-corrected chi connectivity index (χ1v) is 8.59. The van der Waals surface area contributed by atoms with E-state index in [0.717, 1.165) is 10.5 Å². The summed E-state index contributed by atoms with van der Waals surface area (Å²) in [6.07, 6.45) is 0.653. The molecular formula is C20H22ClN3O3. The highest BCUT2D eigenvalue weighted by atomic mass is 35.5. The monoisotopic (exact) mass is 387 g/mol. The maximum atomic E-state index is 12.8. The number of amides is 3. The van der Waals surface area contributed by atoms with Gasteiger partial charge >= 0.3 is 0 Å². The number of rotatable bonds is 7.